The number of esters is 1. The van der Waals surface area contributed by atoms with E-state index in [1.165, 1.54) is 7.11 Å². The number of benzene rings is 1. The van der Waals surface area contributed by atoms with Crippen LogP contribution in [0.1, 0.15) is 69.9 Å². The lowest BCUT2D eigenvalue weighted by molar-refractivity contribution is -0.159. The highest BCUT2D eigenvalue weighted by Gasteiger charge is 2.62. The molecule has 1 amide bonds. The summed E-state index contributed by atoms with van der Waals surface area (Å²) in [5.41, 5.74) is -0.960. The van der Waals surface area contributed by atoms with Crippen molar-refractivity contribution in [3.63, 3.8) is 0 Å². The second kappa shape index (κ2) is 9.50. The fourth-order valence-electron chi connectivity index (χ4n) is 8.49. The number of hydrogen-bond acceptors (Lipinski definition) is 7. The van der Waals surface area contributed by atoms with E-state index in [1.807, 2.05) is 6.07 Å². The summed E-state index contributed by atoms with van der Waals surface area (Å²) in [6.45, 7) is 4.45. The minimum Gasteiger partial charge on any atom is -0.505 e. The maximum atomic E-state index is 13.2. The topological polar surface area (TPSA) is 132 Å². The van der Waals surface area contributed by atoms with Crippen LogP contribution in [0.2, 0.25) is 10.0 Å². The van der Waals surface area contributed by atoms with Crippen LogP contribution in [0.3, 0.4) is 0 Å². The van der Waals surface area contributed by atoms with Gasteiger partial charge in [0.05, 0.1) is 13.0 Å². The van der Waals surface area contributed by atoms with Crippen LogP contribution in [-0.2, 0) is 14.3 Å². The van der Waals surface area contributed by atoms with Crippen LogP contribution in [0.15, 0.2) is 0 Å². The Kier molecular flexibility index (Phi) is 6.73. The molecule has 0 aromatic heterocycles. The van der Waals surface area contributed by atoms with Gasteiger partial charge in [0, 0.05) is 12.5 Å². The lowest BCUT2D eigenvalue weighted by Gasteiger charge is -2.60. The standard InChI is InChI=1S/C28H31Cl2N3O5/c1-27-9-8-17-13(16(27)5-6-18(27)26(36)37-3)4-7-20-28(17,2)10-19(25(35)33-20)38-24-15(12-32)14(11-31)23(34)21(29)22(24)30/h13,16-20,34H,4-10H2,1-3H3,(H,33,35)/t13-,16-,17-,18+,19+,20+,27-,28+/m0/s1. The quantitative estimate of drug-likeness (QED) is 0.491. The van der Waals surface area contributed by atoms with Gasteiger partial charge in [0.2, 0.25) is 0 Å². The van der Waals surface area contributed by atoms with Crippen LogP contribution < -0.4 is 10.1 Å². The molecule has 4 aliphatic rings. The van der Waals surface area contributed by atoms with E-state index in [9.17, 15) is 25.2 Å². The molecule has 0 bridgehead atoms. The molecule has 10 heteroatoms. The first kappa shape index (κ1) is 26.9. The Morgan fingerprint density at radius 3 is 2.37 bits per heavy atom. The number of phenolic OH excluding ortho intramolecular Hbond substituents is 1. The summed E-state index contributed by atoms with van der Waals surface area (Å²) in [6, 6.07) is 3.63. The largest absolute Gasteiger partial charge is 0.505 e. The smallest absolute Gasteiger partial charge is 0.309 e. The fraction of sp³-hybridized carbons (Fsp3) is 0.643. The highest BCUT2D eigenvalue weighted by atomic mass is 35.5. The second-order valence-electron chi connectivity index (χ2n) is 11.8. The second-order valence-corrected chi connectivity index (χ2v) is 12.6. The molecule has 4 fully saturated rings. The number of methoxy groups -OCH3 is 1. The number of rotatable bonds is 3. The van der Waals surface area contributed by atoms with E-state index in [4.69, 9.17) is 32.7 Å². The zero-order valence-electron chi connectivity index (χ0n) is 21.6. The van der Waals surface area contributed by atoms with Crippen molar-refractivity contribution in [3.05, 3.63) is 21.2 Å². The number of halogens is 2. The number of hydrogen-bond donors (Lipinski definition) is 2. The molecule has 1 heterocycles. The van der Waals surface area contributed by atoms with Crippen molar-refractivity contribution < 1.29 is 24.2 Å². The van der Waals surface area contributed by atoms with Crippen molar-refractivity contribution >= 4 is 35.1 Å². The van der Waals surface area contributed by atoms with Crippen LogP contribution in [0.25, 0.3) is 0 Å². The average Bonchev–Trinajstić information content (AvgIpc) is 3.26. The first-order valence-electron chi connectivity index (χ1n) is 13.1. The summed E-state index contributed by atoms with van der Waals surface area (Å²) in [7, 11) is 1.46. The first-order chi connectivity index (χ1) is 18.0. The van der Waals surface area contributed by atoms with Gasteiger partial charge in [0.25, 0.3) is 5.91 Å². The number of nitriles is 2. The summed E-state index contributed by atoms with van der Waals surface area (Å²) < 4.78 is 11.2. The SMILES string of the molecule is COC(=O)[C@H]1CC[C@H]2[C@@H]3CC[C@H]4NC(=O)[C@H](Oc5c(Cl)c(Cl)c(O)c(C#N)c5C#N)C[C@]4(C)[C@H]3CC[C@]12C. The van der Waals surface area contributed by atoms with Crippen molar-refractivity contribution in [2.45, 2.75) is 70.9 Å². The number of fused-ring (bicyclic) bond motifs is 5. The Morgan fingerprint density at radius 2 is 1.71 bits per heavy atom. The maximum absolute atomic E-state index is 13.2. The van der Waals surface area contributed by atoms with Gasteiger partial charge in [-0.25, -0.2) is 0 Å². The van der Waals surface area contributed by atoms with Crippen LogP contribution in [0, 0.1) is 57.2 Å². The number of nitrogens with zero attached hydrogens (tertiary/aromatic N) is 2. The third-order valence-electron chi connectivity index (χ3n) is 10.4. The van der Waals surface area contributed by atoms with Crippen LogP contribution >= 0.6 is 23.2 Å². The molecule has 202 valence electrons. The Balaban J connectivity index is 1.45. The number of piperidine rings is 1. The van der Waals surface area contributed by atoms with Gasteiger partial charge in [-0.05, 0) is 67.1 Å². The molecule has 5 rings (SSSR count). The molecular weight excluding hydrogens is 529 g/mol. The Labute approximate surface area is 232 Å². The predicted octanol–water partition coefficient (Wildman–Crippen LogP) is 5.11. The number of aromatic hydroxyl groups is 1. The molecule has 1 aromatic rings. The van der Waals surface area contributed by atoms with E-state index < -0.39 is 11.9 Å². The summed E-state index contributed by atoms with van der Waals surface area (Å²) in [6.07, 6.45) is 5.00. The summed E-state index contributed by atoms with van der Waals surface area (Å²) in [5, 5.41) is 32.1. The van der Waals surface area contributed by atoms with Crippen molar-refractivity contribution in [3.8, 4) is 23.6 Å². The zero-order chi connectivity index (χ0) is 27.6. The molecule has 38 heavy (non-hydrogen) atoms. The highest BCUT2D eigenvalue weighted by molar-refractivity contribution is 6.44. The molecule has 1 aromatic carbocycles. The van der Waals surface area contributed by atoms with Gasteiger partial charge in [-0.3, -0.25) is 9.59 Å². The van der Waals surface area contributed by atoms with Gasteiger partial charge in [-0.15, -0.1) is 0 Å². The normalized spacial score (nSPS) is 37.5. The molecule has 2 N–H and O–H groups in total. The Bertz CT molecular complexity index is 1290. The first-order valence-corrected chi connectivity index (χ1v) is 13.9. The zero-order valence-corrected chi connectivity index (χ0v) is 23.2. The minimum absolute atomic E-state index is 0.0118. The van der Waals surface area contributed by atoms with Crippen LogP contribution in [0.5, 0.6) is 11.5 Å². The van der Waals surface area contributed by atoms with Crippen LogP contribution in [0.4, 0.5) is 0 Å². The number of amides is 1. The lowest BCUT2D eigenvalue weighted by Crippen LogP contribution is -2.65. The molecule has 8 atom stereocenters. The van der Waals surface area contributed by atoms with E-state index in [0.717, 1.165) is 38.5 Å². The lowest BCUT2D eigenvalue weighted by atomic mass is 9.47. The van der Waals surface area contributed by atoms with E-state index >= 15 is 0 Å². The Hall–Kier alpha value is -2.68. The van der Waals surface area contributed by atoms with E-state index in [2.05, 4.69) is 19.2 Å². The van der Waals surface area contributed by atoms with E-state index in [0.29, 0.717) is 24.2 Å². The van der Waals surface area contributed by atoms with Crippen molar-refractivity contribution in [2.24, 2.45) is 34.5 Å². The third-order valence-corrected chi connectivity index (χ3v) is 11.2. The average molecular weight is 560 g/mol. The molecule has 1 saturated heterocycles. The number of nitrogens with one attached hydrogen (secondary N) is 1. The number of ether oxygens (including phenoxy) is 2. The molecule has 0 spiro atoms. The van der Waals surface area contributed by atoms with Crippen molar-refractivity contribution in [1.82, 2.24) is 5.32 Å². The molecule has 3 aliphatic carbocycles. The van der Waals surface area contributed by atoms with Gasteiger partial charge < -0.3 is 19.9 Å². The number of phenols is 1. The maximum Gasteiger partial charge on any atom is 0.309 e. The van der Waals surface area contributed by atoms with Gasteiger partial charge in [0.15, 0.2) is 17.6 Å². The third kappa shape index (κ3) is 3.75. The highest BCUT2D eigenvalue weighted by Crippen LogP contribution is 2.65. The minimum atomic E-state index is -0.952. The number of carbonyl (C=O) groups excluding carboxylic acids is 2. The summed E-state index contributed by atoms with van der Waals surface area (Å²) >= 11 is 12.5. The molecule has 0 unspecified atom stereocenters. The number of carbonyl (C=O) groups is 2. The van der Waals surface area contributed by atoms with Crippen molar-refractivity contribution in [2.75, 3.05) is 7.11 Å². The predicted molar refractivity (Wildman–Crippen MR) is 138 cm³/mol. The van der Waals surface area contributed by atoms with Crippen molar-refractivity contribution in [1.29, 1.82) is 10.5 Å². The Morgan fingerprint density at radius 1 is 1.03 bits per heavy atom. The van der Waals surface area contributed by atoms with Gasteiger partial charge in [0.1, 0.15) is 33.3 Å². The van der Waals surface area contributed by atoms with E-state index in [1.54, 1.807) is 6.07 Å². The molecule has 1 aliphatic heterocycles. The van der Waals surface area contributed by atoms with Gasteiger partial charge in [-0.2, -0.15) is 10.5 Å². The molecule has 8 nitrogen and oxygen atoms in total. The molecule has 0 radical (unpaired) electrons. The monoisotopic (exact) mass is 559 g/mol. The van der Waals surface area contributed by atoms with E-state index in [-0.39, 0.29) is 61.6 Å². The van der Waals surface area contributed by atoms with Gasteiger partial charge >= 0.3 is 5.97 Å². The molecule has 3 saturated carbocycles. The van der Waals surface area contributed by atoms with Gasteiger partial charge in [-0.1, -0.05) is 37.0 Å². The fourth-order valence-corrected chi connectivity index (χ4v) is 8.90. The summed E-state index contributed by atoms with van der Waals surface area (Å²) in [5.74, 6) is -0.0955. The summed E-state index contributed by atoms with van der Waals surface area (Å²) in [4.78, 5) is 25.8. The van der Waals surface area contributed by atoms with Crippen LogP contribution in [-0.4, -0.2) is 36.2 Å². The molecular formula is C28H31Cl2N3O5.